The van der Waals surface area contributed by atoms with Crippen LogP contribution in [0, 0.1) is 5.92 Å². The molecule has 1 saturated heterocycles. The quantitative estimate of drug-likeness (QED) is 0.855. The Balaban J connectivity index is 0.00000182. The van der Waals surface area contributed by atoms with E-state index in [4.69, 9.17) is 9.26 Å². The number of hydrogen-bond acceptors (Lipinski definition) is 5. The van der Waals surface area contributed by atoms with Crippen molar-refractivity contribution in [2.24, 2.45) is 5.92 Å². The normalized spacial score (nSPS) is 26.3. The molecule has 2 aliphatic rings. The molecule has 25 heavy (non-hydrogen) atoms. The minimum atomic E-state index is 0. The Kier molecular flexibility index (Phi) is 6.48. The third-order valence-electron chi connectivity index (χ3n) is 5.20. The third kappa shape index (κ3) is 4.42. The van der Waals surface area contributed by atoms with Gasteiger partial charge in [-0.15, -0.1) is 12.4 Å². The lowest BCUT2D eigenvalue weighted by Crippen LogP contribution is -2.50. The van der Waals surface area contributed by atoms with Gasteiger partial charge in [0.25, 0.3) is 0 Å². The molecule has 0 amide bonds. The van der Waals surface area contributed by atoms with Gasteiger partial charge in [-0.1, -0.05) is 41.9 Å². The van der Waals surface area contributed by atoms with Crippen LogP contribution in [0.4, 0.5) is 0 Å². The first-order chi connectivity index (χ1) is 11.9. The first kappa shape index (κ1) is 18.4. The summed E-state index contributed by atoms with van der Waals surface area (Å²) >= 11 is 0. The predicted octanol–water partition coefficient (Wildman–Crippen LogP) is 3.01. The standard InChI is InChI=1S/C19H25N3O2.ClH/c1-2-5-14(6-3-1)19-11-15(22-24-19)12-21-17-8-4-7-16(17)18-13-23-10-9-20-18;/h1-3,5-6,11,16-18,20-21H,4,7-10,12-13H2;1H. The van der Waals surface area contributed by atoms with Crippen LogP contribution in [0.15, 0.2) is 40.9 Å². The van der Waals surface area contributed by atoms with E-state index in [9.17, 15) is 0 Å². The molecule has 136 valence electrons. The van der Waals surface area contributed by atoms with E-state index in [1.807, 2.05) is 36.4 Å². The fourth-order valence-corrected chi connectivity index (χ4v) is 3.95. The molecule has 2 aromatic rings. The molecule has 1 aliphatic carbocycles. The van der Waals surface area contributed by atoms with Gasteiger partial charge in [0.05, 0.1) is 18.9 Å². The van der Waals surface area contributed by atoms with Crippen molar-refractivity contribution in [3.8, 4) is 11.3 Å². The highest BCUT2D eigenvalue weighted by Crippen LogP contribution is 2.30. The van der Waals surface area contributed by atoms with Crippen LogP contribution in [0.25, 0.3) is 11.3 Å². The fourth-order valence-electron chi connectivity index (χ4n) is 3.95. The van der Waals surface area contributed by atoms with Crippen molar-refractivity contribution in [3.63, 3.8) is 0 Å². The maximum atomic E-state index is 5.64. The SMILES string of the molecule is Cl.c1ccc(-c2cc(CNC3CCCC3C3COCCN3)no2)cc1. The number of morpholine rings is 1. The number of hydrogen-bond donors (Lipinski definition) is 2. The van der Waals surface area contributed by atoms with Gasteiger partial charge in [-0.05, 0) is 18.8 Å². The largest absolute Gasteiger partial charge is 0.379 e. The Labute approximate surface area is 154 Å². The molecule has 5 nitrogen and oxygen atoms in total. The van der Waals surface area contributed by atoms with Gasteiger partial charge >= 0.3 is 0 Å². The Morgan fingerprint density at radius 3 is 2.88 bits per heavy atom. The molecule has 4 rings (SSSR count). The monoisotopic (exact) mass is 363 g/mol. The zero-order valence-electron chi connectivity index (χ0n) is 14.3. The van der Waals surface area contributed by atoms with Crippen LogP contribution in [0.2, 0.25) is 0 Å². The number of halogens is 1. The summed E-state index contributed by atoms with van der Waals surface area (Å²) < 4.78 is 11.1. The van der Waals surface area contributed by atoms with Gasteiger partial charge in [-0.2, -0.15) is 0 Å². The van der Waals surface area contributed by atoms with Crippen LogP contribution >= 0.6 is 12.4 Å². The molecule has 2 fully saturated rings. The number of ether oxygens (including phenoxy) is 1. The Morgan fingerprint density at radius 2 is 2.08 bits per heavy atom. The predicted molar refractivity (Wildman–Crippen MR) is 99.8 cm³/mol. The van der Waals surface area contributed by atoms with Crippen molar-refractivity contribution in [2.75, 3.05) is 19.8 Å². The van der Waals surface area contributed by atoms with Crippen LogP contribution in [0.3, 0.4) is 0 Å². The van der Waals surface area contributed by atoms with Crippen molar-refractivity contribution in [1.82, 2.24) is 15.8 Å². The van der Waals surface area contributed by atoms with Crippen molar-refractivity contribution in [1.29, 1.82) is 0 Å². The average Bonchev–Trinajstić information content (AvgIpc) is 3.31. The molecule has 1 saturated carbocycles. The second-order valence-electron chi connectivity index (χ2n) is 6.77. The first-order valence-corrected chi connectivity index (χ1v) is 8.96. The highest BCUT2D eigenvalue weighted by atomic mass is 35.5. The van der Waals surface area contributed by atoms with E-state index >= 15 is 0 Å². The van der Waals surface area contributed by atoms with Gasteiger partial charge in [0.15, 0.2) is 5.76 Å². The van der Waals surface area contributed by atoms with Gasteiger partial charge in [-0.25, -0.2) is 0 Å². The molecule has 0 spiro atoms. The van der Waals surface area contributed by atoms with E-state index in [-0.39, 0.29) is 12.4 Å². The van der Waals surface area contributed by atoms with Crippen molar-refractivity contribution >= 4 is 12.4 Å². The highest BCUT2D eigenvalue weighted by Gasteiger charge is 2.34. The highest BCUT2D eigenvalue weighted by molar-refractivity contribution is 5.85. The molecule has 1 aliphatic heterocycles. The molecule has 3 unspecified atom stereocenters. The number of benzene rings is 1. The fraction of sp³-hybridized carbons (Fsp3) is 0.526. The lowest BCUT2D eigenvalue weighted by molar-refractivity contribution is 0.0524. The summed E-state index contributed by atoms with van der Waals surface area (Å²) in [6.07, 6.45) is 3.79. The maximum absolute atomic E-state index is 5.64. The topological polar surface area (TPSA) is 59.3 Å². The average molecular weight is 364 g/mol. The minimum Gasteiger partial charge on any atom is -0.379 e. The van der Waals surface area contributed by atoms with E-state index in [0.29, 0.717) is 18.0 Å². The van der Waals surface area contributed by atoms with Crippen LogP contribution in [-0.2, 0) is 11.3 Å². The summed E-state index contributed by atoms with van der Waals surface area (Å²) in [7, 11) is 0. The van der Waals surface area contributed by atoms with Gasteiger partial charge in [0.2, 0.25) is 0 Å². The van der Waals surface area contributed by atoms with E-state index in [1.54, 1.807) is 0 Å². The van der Waals surface area contributed by atoms with Crippen LogP contribution in [-0.4, -0.2) is 37.0 Å². The first-order valence-electron chi connectivity index (χ1n) is 8.96. The van der Waals surface area contributed by atoms with Gasteiger partial charge < -0.3 is 19.9 Å². The Morgan fingerprint density at radius 1 is 1.20 bits per heavy atom. The maximum Gasteiger partial charge on any atom is 0.167 e. The van der Waals surface area contributed by atoms with Crippen LogP contribution in [0.5, 0.6) is 0 Å². The lowest BCUT2D eigenvalue weighted by atomic mass is 9.94. The third-order valence-corrected chi connectivity index (χ3v) is 5.20. The van der Waals surface area contributed by atoms with E-state index in [0.717, 1.165) is 43.3 Å². The van der Waals surface area contributed by atoms with Crippen LogP contribution < -0.4 is 10.6 Å². The van der Waals surface area contributed by atoms with Crippen LogP contribution in [0.1, 0.15) is 25.0 Å². The zero-order chi connectivity index (χ0) is 16.2. The number of aromatic nitrogens is 1. The zero-order valence-corrected chi connectivity index (χ0v) is 15.1. The summed E-state index contributed by atoms with van der Waals surface area (Å²) in [5, 5.41) is 11.5. The van der Waals surface area contributed by atoms with Crippen molar-refractivity contribution in [2.45, 2.75) is 37.9 Å². The smallest absolute Gasteiger partial charge is 0.167 e. The second kappa shape index (κ2) is 8.81. The minimum absolute atomic E-state index is 0. The molecule has 1 aromatic heterocycles. The van der Waals surface area contributed by atoms with Gasteiger partial charge in [0.1, 0.15) is 0 Å². The summed E-state index contributed by atoms with van der Waals surface area (Å²) in [5.74, 6) is 1.48. The molecule has 6 heteroatoms. The summed E-state index contributed by atoms with van der Waals surface area (Å²) in [4.78, 5) is 0. The molecule has 2 N–H and O–H groups in total. The molecule has 2 heterocycles. The lowest BCUT2D eigenvalue weighted by Gasteiger charge is -2.32. The van der Waals surface area contributed by atoms with E-state index in [1.165, 1.54) is 19.3 Å². The molecule has 1 aromatic carbocycles. The second-order valence-corrected chi connectivity index (χ2v) is 6.77. The van der Waals surface area contributed by atoms with E-state index < -0.39 is 0 Å². The molecule has 0 bridgehead atoms. The molecular formula is C19H26ClN3O2. The van der Waals surface area contributed by atoms with Gasteiger partial charge in [-0.3, -0.25) is 0 Å². The number of nitrogens with one attached hydrogen (secondary N) is 2. The van der Waals surface area contributed by atoms with Crippen molar-refractivity contribution in [3.05, 3.63) is 42.1 Å². The Hall–Kier alpha value is -1.40. The summed E-state index contributed by atoms with van der Waals surface area (Å²) in [6, 6.07) is 13.2. The summed E-state index contributed by atoms with van der Waals surface area (Å²) in [6.45, 7) is 3.40. The number of rotatable bonds is 5. The van der Waals surface area contributed by atoms with Gasteiger partial charge in [0, 0.05) is 36.8 Å². The van der Waals surface area contributed by atoms with Crippen molar-refractivity contribution < 1.29 is 9.26 Å². The van der Waals surface area contributed by atoms with E-state index in [2.05, 4.69) is 15.8 Å². The molecule has 0 radical (unpaired) electrons. The molecular weight excluding hydrogens is 338 g/mol. The number of nitrogens with zero attached hydrogens (tertiary/aromatic N) is 1. The Bertz CT molecular complexity index is 643. The molecule has 3 atom stereocenters. The summed E-state index contributed by atoms with van der Waals surface area (Å²) in [5.41, 5.74) is 2.03.